The van der Waals surface area contributed by atoms with Gasteiger partial charge >= 0.3 is 0 Å². The quantitative estimate of drug-likeness (QED) is 0.725. The summed E-state index contributed by atoms with van der Waals surface area (Å²) in [5.41, 5.74) is 3.45. The first-order valence-electron chi connectivity index (χ1n) is 8.82. The molecule has 1 aromatic heterocycles. The van der Waals surface area contributed by atoms with Gasteiger partial charge in [-0.1, -0.05) is 12.1 Å². The van der Waals surface area contributed by atoms with Crippen molar-refractivity contribution < 1.29 is 8.42 Å². The monoisotopic (exact) mass is 369 g/mol. The standard InChI is InChI=1S/C20H23N3O2S/c1-26(24,25)19-5-2-15(3-6-19)13-23-11-9-18(14-23)22-17-4-7-20-16(12-17)8-10-21-20/h2-8,10,12,18,21-22H,9,11,13-14H2,1H3/t18-/m1/s1. The summed E-state index contributed by atoms with van der Waals surface area (Å²) < 4.78 is 23.1. The van der Waals surface area contributed by atoms with Gasteiger partial charge in [-0.05, 0) is 48.4 Å². The Labute approximate surface area is 153 Å². The molecule has 1 atom stereocenters. The Bertz CT molecular complexity index is 1010. The second-order valence-electron chi connectivity index (χ2n) is 7.06. The van der Waals surface area contributed by atoms with Crippen LogP contribution in [0.25, 0.3) is 10.9 Å². The van der Waals surface area contributed by atoms with Crippen molar-refractivity contribution in [2.45, 2.75) is 23.9 Å². The molecule has 1 fully saturated rings. The minimum atomic E-state index is -3.13. The van der Waals surface area contributed by atoms with Gasteiger partial charge in [0.25, 0.3) is 0 Å². The normalized spacial score (nSPS) is 18.4. The third-order valence-corrected chi connectivity index (χ3v) is 6.08. The van der Waals surface area contributed by atoms with Crippen LogP contribution in [0.2, 0.25) is 0 Å². The van der Waals surface area contributed by atoms with Crippen molar-refractivity contribution in [3.8, 4) is 0 Å². The van der Waals surface area contributed by atoms with E-state index in [4.69, 9.17) is 0 Å². The van der Waals surface area contributed by atoms with E-state index in [2.05, 4.69) is 39.5 Å². The molecule has 0 aliphatic carbocycles. The van der Waals surface area contributed by atoms with Crippen molar-refractivity contribution in [3.63, 3.8) is 0 Å². The maximum absolute atomic E-state index is 11.5. The van der Waals surface area contributed by atoms with Crippen LogP contribution in [-0.2, 0) is 16.4 Å². The average molecular weight is 369 g/mol. The van der Waals surface area contributed by atoms with Gasteiger partial charge in [-0.3, -0.25) is 4.90 Å². The number of hydrogen-bond donors (Lipinski definition) is 2. The first-order valence-corrected chi connectivity index (χ1v) is 10.7. The van der Waals surface area contributed by atoms with E-state index in [9.17, 15) is 8.42 Å². The summed E-state index contributed by atoms with van der Waals surface area (Å²) in [7, 11) is -3.13. The Hall–Kier alpha value is -2.31. The zero-order chi connectivity index (χ0) is 18.1. The molecule has 6 heteroatoms. The Kier molecular flexibility index (Phi) is 4.46. The number of aromatic amines is 1. The Balaban J connectivity index is 1.36. The van der Waals surface area contributed by atoms with Crippen molar-refractivity contribution in [2.75, 3.05) is 24.7 Å². The molecule has 2 aromatic carbocycles. The van der Waals surface area contributed by atoms with E-state index >= 15 is 0 Å². The van der Waals surface area contributed by atoms with E-state index in [1.165, 1.54) is 11.6 Å². The topological polar surface area (TPSA) is 65.2 Å². The van der Waals surface area contributed by atoms with Crippen LogP contribution >= 0.6 is 0 Å². The number of aromatic nitrogens is 1. The maximum atomic E-state index is 11.5. The lowest BCUT2D eigenvalue weighted by Gasteiger charge is -2.17. The number of anilines is 1. The zero-order valence-electron chi connectivity index (χ0n) is 14.8. The summed E-state index contributed by atoms with van der Waals surface area (Å²) in [6.07, 6.45) is 4.30. The molecule has 1 aliphatic rings. The SMILES string of the molecule is CS(=O)(=O)c1ccc(CN2CC[C@@H](Nc3ccc4[nH]ccc4c3)C2)cc1. The molecule has 2 heterocycles. The second-order valence-corrected chi connectivity index (χ2v) is 9.08. The molecule has 0 unspecified atom stereocenters. The highest BCUT2D eigenvalue weighted by molar-refractivity contribution is 7.90. The van der Waals surface area contributed by atoms with Gasteiger partial charge in [0.1, 0.15) is 0 Å². The molecule has 0 spiro atoms. The molecular weight excluding hydrogens is 346 g/mol. The summed E-state index contributed by atoms with van der Waals surface area (Å²) in [5, 5.41) is 4.85. The zero-order valence-corrected chi connectivity index (χ0v) is 15.6. The van der Waals surface area contributed by atoms with E-state index in [0.717, 1.165) is 42.8 Å². The minimum absolute atomic E-state index is 0.377. The number of rotatable bonds is 5. The summed E-state index contributed by atoms with van der Waals surface area (Å²) in [6, 6.07) is 16.1. The molecule has 3 aromatic rings. The smallest absolute Gasteiger partial charge is 0.175 e. The van der Waals surface area contributed by atoms with Gasteiger partial charge in [-0.2, -0.15) is 0 Å². The maximum Gasteiger partial charge on any atom is 0.175 e. The van der Waals surface area contributed by atoms with Gasteiger partial charge in [0, 0.05) is 54.7 Å². The van der Waals surface area contributed by atoms with Crippen LogP contribution in [0.15, 0.2) is 59.6 Å². The number of nitrogens with zero attached hydrogens (tertiary/aromatic N) is 1. The van der Waals surface area contributed by atoms with Crippen molar-refractivity contribution in [3.05, 3.63) is 60.3 Å². The average Bonchev–Trinajstić information content (AvgIpc) is 3.23. The number of sulfone groups is 1. The summed E-state index contributed by atoms with van der Waals surface area (Å²) >= 11 is 0. The van der Waals surface area contributed by atoms with Gasteiger partial charge in [-0.15, -0.1) is 0 Å². The summed E-state index contributed by atoms with van der Waals surface area (Å²) in [4.78, 5) is 6.00. The highest BCUT2D eigenvalue weighted by Crippen LogP contribution is 2.22. The second kappa shape index (κ2) is 6.78. The van der Waals surface area contributed by atoms with Crippen molar-refractivity contribution in [2.24, 2.45) is 0 Å². The van der Waals surface area contributed by atoms with Crippen LogP contribution in [0.4, 0.5) is 5.69 Å². The molecule has 0 amide bonds. The summed E-state index contributed by atoms with van der Waals surface area (Å²) in [6.45, 7) is 2.87. The lowest BCUT2D eigenvalue weighted by Crippen LogP contribution is -2.25. The molecule has 2 N–H and O–H groups in total. The number of benzene rings is 2. The number of likely N-dealkylation sites (tertiary alicyclic amines) is 1. The van der Waals surface area contributed by atoms with E-state index in [1.54, 1.807) is 12.1 Å². The van der Waals surface area contributed by atoms with Crippen LogP contribution < -0.4 is 5.32 Å². The lowest BCUT2D eigenvalue weighted by molar-refractivity contribution is 0.328. The van der Waals surface area contributed by atoms with Crippen molar-refractivity contribution in [1.29, 1.82) is 0 Å². The van der Waals surface area contributed by atoms with Crippen LogP contribution in [0.5, 0.6) is 0 Å². The molecule has 4 rings (SSSR count). The molecule has 0 saturated carbocycles. The van der Waals surface area contributed by atoms with Crippen LogP contribution in [-0.4, -0.2) is 43.7 Å². The van der Waals surface area contributed by atoms with Crippen LogP contribution in [0.3, 0.4) is 0 Å². The predicted molar refractivity (Wildman–Crippen MR) is 105 cm³/mol. The highest BCUT2D eigenvalue weighted by Gasteiger charge is 2.22. The summed E-state index contributed by atoms with van der Waals surface area (Å²) in [5.74, 6) is 0. The molecule has 5 nitrogen and oxygen atoms in total. The molecule has 136 valence electrons. The molecule has 1 saturated heterocycles. The Morgan fingerprint density at radius 1 is 1.15 bits per heavy atom. The van der Waals surface area contributed by atoms with Gasteiger partial charge in [-0.25, -0.2) is 8.42 Å². The van der Waals surface area contributed by atoms with Crippen molar-refractivity contribution in [1.82, 2.24) is 9.88 Å². The van der Waals surface area contributed by atoms with E-state index in [0.29, 0.717) is 10.9 Å². The van der Waals surface area contributed by atoms with Gasteiger partial charge in [0.15, 0.2) is 9.84 Å². The molecule has 26 heavy (non-hydrogen) atoms. The molecule has 1 aliphatic heterocycles. The van der Waals surface area contributed by atoms with E-state index in [-0.39, 0.29) is 0 Å². The third-order valence-electron chi connectivity index (χ3n) is 4.95. The molecule has 0 bridgehead atoms. The fourth-order valence-electron chi connectivity index (χ4n) is 3.57. The first kappa shape index (κ1) is 17.1. The first-order chi connectivity index (χ1) is 12.5. The number of H-pyrrole nitrogens is 1. The Morgan fingerprint density at radius 3 is 2.73 bits per heavy atom. The van der Waals surface area contributed by atoms with Gasteiger partial charge in [0.2, 0.25) is 0 Å². The largest absolute Gasteiger partial charge is 0.381 e. The van der Waals surface area contributed by atoms with E-state index in [1.807, 2.05) is 18.3 Å². The predicted octanol–water partition coefficient (Wildman–Crippen LogP) is 3.26. The Morgan fingerprint density at radius 2 is 1.96 bits per heavy atom. The number of fused-ring (bicyclic) bond motifs is 1. The van der Waals surface area contributed by atoms with E-state index < -0.39 is 9.84 Å². The van der Waals surface area contributed by atoms with Crippen molar-refractivity contribution >= 4 is 26.4 Å². The van der Waals surface area contributed by atoms with Gasteiger partial charge < -0.3 is 10.3 Å². The fourth-order valence-corrected chi connectivity index (χ4v) is 4.20. The van der Waals surface area contributed by atoms with Crippen LogP contribution in [0.1, 0.15) is 12.0 Å². The lowest BCUT2D eigenvalue weighted by atomic mass is 10.2. The fraction of sp³-hybridized carbons (Fsp3) is 0.300. The number of hydrogen-bond acceptors (Lipinski definition) is 4. The molecular formula is C20H23N3O2S. The third kappa shape index (κ3) is 3.76. The number of nitrogens with one attached hydrogen (secondary N) is 2. The molecule has 0 radical (unpaired) electrons. The van der Waals surface area contributed by atoms with Crippen LogP contribution in [0, 0.1) is 0 Å². The van der Waals surface area contributed by atoms with Gasteiger partial charge in [0.05, 0.1) is 4.90 Å². The minimum Gasteiger partial charge on any atom is -0.381 e. The highest BCUT2D eigenvalue weighted by atomic mass is 32.2.